The lowest BCUT2D eigenvalue weighted by atomic mass is 10.3. The highest BCUT2D eigenvalue weighted by Crippen LogP contribution is 2.24. The van der Waals surface area contributed by atoms with Crippen LogP contribution < -0.4 is 4.74 Å². The van der Waals surface area contributed by atoms with Crippen LogP contribution in [0.1, 0.15) is 5.69 Å². The van der Waals surface area contributed by atoms with Crippen LogP contribution in [0, 0.1) is 6.92 Å². The number of aryl methyl sites for hydroxylation is 1. The van der Waals surface area contributed by atoms with Crippen LogP contribution in [-0.4, -0.2) is 29.5 Å². The Kier molecular flexibility index (Phi) is 2.50. The molecule has 102 valence electrons. The summed E-state index contributed by atoms with van der Waals surface area (Å²) in [5.41, 5.74) is 2.41. The van der Waals surface area contributed by atoms with Crippen LogP contribution in [0.5, 0.6) is 11.6 Å². The van der Waals surface area contributed by atoms with Crippen molar-refractivity contribution >= 4 is 16.8 Å². The maximum atomic E-state index is 5.89. The normalized spacial score (nSPS) is 11.1. The largest absolute Gasteiger partial charge is 0.439 e. The molecule has 0 aliphatic carbocycles. The molecule has 4 rings (SSSR count). The van der Waals surface area contributed by atoms with Gasteiger partial charge in [-0.05, 0) is 19.1 Å². The van der Waals surface area contributed by atoms with E-state index in [9.17, 15) is 0 Å². The first-order chi connectivity index (χ1) is 10.3. The summed E-state index contributed by atoms with van der Waals surface area (Å²) in [7, 11) is 0. The van der Waals surface area contributed by atoms with Gasteiger partial charge in [-0.3, -0.25) is 9.97 Å². The third-order valence-electron chi connectivity index (χ3n) is 3.01. The number of hydrogen-bond acceptors (Lipinski definition) is 6. The van der Waals surface area contributed by atoms with Crippen molar-refractivity contribution in [3.8, 4) is 11.6 Å². The van der Waals surface area contributed by atoms with Crippen molar-refractivity contribution in [1.82, 2.24) is 29.5 Å². The maximum Gasteiger partial charge on any atom is 0.255 e. The third kappa shape index (κ3) is 2.04. The zero-order chi connectivity index (χ0) is 14.2. The van der Waals surface area contributed by atoms with Gasteiger partial charge in [-0.15, -0.1) is 0 Å². The molecule has 4 aromatic rings. The summed E-state index contributed by atoms with van der Waals surface area (Å²) in [5, 5.41) is 4.11. The predicted octanol–water partition coefficient (Wildman–Crippen LogP) is 2.17. The molecule has 1 aromatic carbocycles. The van der Waals surface area contributed by atoms with Crippen molar-refractivity contribution in [3.63, 3.8) is 0 Å². The second kappa shape index (κ2) is 4.48. The van der Waals surface area contributed by atoms with Gasteiger partial charge < -0.3 is 4.74 Å². The molecule has 0 aliphatic rings. The minimum atomic E-state index is 0.505. The van der Waals surface area contributed by atoms with Gasteiger partial charge in [-0.25, -0.2) is 4.98 Å². The maximum absolute atomic E-state index is 5.89. The fraction of sp³-hybridized carbons (Fsp3) is 0.0714. The topological polar surface area (TPSA) is 78.1 Å². The zero-order valence-corrected chi connectivity index (χ0v) is 11.1. The molecule has 0 aliphatic heterocycles. The Bertz CT molecular complexity index is 948. The molecule has 0 saturated heterocycles. The van der Waals surface area contributed by atoms with Crippen molar-refractivity contribution in [3.05, 3.63) is 48.7 Å². The molecule has 7 nitrogen and oxygen atoms in total. The van der Waals surface area contributed by atoms with E-state index in [4.69, 9.17) is 4.74 Å². The molecule has 0 N–H and O–H groups in total. The standard InChI is InChI=1S/C14H10N6O/c1-9-6-13(20-14(19-9)17-8-18-20)21-10-2-3-11-12(7-10)16-5-4-15-11/h2-8H,1H3. The predicted molar refractivity (Wildman–Crippen MR) is 75.1 cm³/mol. The van der Waals surface area contributed by atoms with Gasteiger partial charge in [0.15, 0.2) is 0 Å². The number of ether oxygens (including phenoxy) is 1. The van der Waals surface area contributed by atoms with E-state index < -0.39 is 0 Å². The SMILES string of the molecule is Cc1cc(Oc2ccc3nccnc3c2)n2ncnc2n1. The van der Waals surface area contributed by atoms with E-state index in [0.29, 0.717) is 17.4 Å². The lowest BCUT2D eigenvalue weighted by Crippen LogP contribution is -1.99. The smallest absolute Gasteiger partial charge is 0.255 e. The Balaban J connectivity index is 1.80. The first kappa shape index (κ1) is 11.7. The zero-order valence-electron chi connectivity index (χ0n) is 11.1. The van der Waals surface area contributed by atoms with Gasteiger partial charge >= 0.3 is 0 Å². The lowest BCUT2D eigenvalue weighted by Gasteiger charge is -2.08. The van der Waals surface area contributed by atoms with Crippen molar-refractivity contribution in [2.75, 3.05) is 0 Å². The molecule has 3 aromatic heterocycles. The molecule has 7 heteroatoms. The summed E-state index contributed by atoms with van der Waals surface area (Å²) in [5.74, 6) is 1.72. The van der Waals surface area contributed by atoms with Crippen molar-refractivity contribution in [2.45, 2.75) is 6.92 Å². The van der Waals surface area contributed by atoms with Crippen LogP contribution in [0.25, 0.3) is 16.8 Å². The average Bonchev–Trinajstić information content (AvgIpc) is 2.95. The van der Waals surface area contributed by atoms with Gasteiger partial charge in [-0.1, -0.05) is 0 Å². The molecule has 0 atom stereocenters. The van der Waals surface area contributed by atoms with Gasteiger partial charge in [0.2, 0.25) is 5.88 Å². The van der Waals surface area contributed by atoms with Crippen molar-refractivity contribution in [1.29, 1.82) is 0 Å². The van der Waals surface area contributed by atoms with E-state index in [2.05, 4.69) is 25.0 Å². The Labute approximate surface area is 119 Å². The van der Waals surface area contributed by atoms with Crippen LogP contribution in [0.2, 0.25) is 0 Å². The summed E-state index contributed by atoms with van der Waals surface area (Å²) < 4.78 is 7.44. The molecule has 0 saturated carbocycles. The Morgan fingerprint density at radius 3 is 2.76 bits per heavy atom. The Hall–Kier alpha value is -3.09. The van der Waals surface area contributed by atoms with E-state index in [1.54, 1.807) is 16.9 Å². The van der Waals surface area contributed by atoms with Gasteiger partial charge in [-0.2, -0.15) is 14.6 Å². The average molecular weight is 278 g/mol. The van der Waals surface area contributed by atoms with Crippen LogP contribution in [0.4, 0.5) is 0 Å². The summed E-state index contributed by atoms with van der Waals surface area (Å²) in [6, 6.07) is 7.35. The highest BCUT2D eigenvalue weighted by molar-refractivity contribution is 5.75. The Morgan fingerprint density at radius 1 is 1.00 bits per heavy atom. The first-order valence-electron chi connectivity index (χ1n) is 6.36. The monoisotopic (exact) mass is 278 g/mol. The van der Waals surface area contributed by atoms with Crippen LogP contribution in [-0.2, 0) is 0 Å². The van der Waals surface area contributed by atoms with E-state index in [1.165, 1.54) is 6.33 Å². The Morgan fingerprint density at radius 2 is 1.86 bits per heavy atom. The summed E-state index contributed by atoms with van der Waals surface area (Å²) in [6.45, 7) is 1.88. The van der Waals surface area contributed by atoms with E-state index in [0.717, 1.165) is 16.7 Å². The second-order valence-electron chi connectivity index (χ2n) is 4.52. The van der Waals surface area contributed by atoms with Gasteiger partial charge in [0.1, 0.15) is 12.1 Å². The van der Waals surface area contributed by atoms with Crippen molar-refractivity contribution < 1.29 is 4.74 Å². The molecule has 0 unspecified atom stereocenters. The van der Waals surface area contributed by atoms with Crippen LogP contribution >= 0.6 is 0 Å². The highest BCUT2D eigenvalue weighted by atomic mass is 16.5. The van der Waals surface area contributed by atoms with E-state index in [1.807, 2.05) is 31.2 Å². The molecule has 21 heavy (non-hydrogen) atoms. The quantitative estimate of drug-likeness (QED) is 0.559. The third-order valence-corrected chi connectivity index (χ3v) is 3.01. The fourth-order valence-electron chi connectivity index (χ4n) is 2.10. The molecule has 0 radical (unpaired) electrons. The van der Waals surface area contributed by atoms with Crippen molar-refractivity contribution in [2.24, 2.45) is 0 Å². The highest BCUT2D eigenvalue weighted by Gasteiger charge is 2.08. The van der Waals surface area contributed by atoms with Gasteiger partial charge in [0, 0.05) is 30.2 Å². The molecule has 0 bridgehead atoms. The number of aromatic nitrogens is 6. The number of nitrogens with zero attached hydrogens (tertiary/aromatic N) is 6. The number of fused-ring (bicyclic) bond motifs is 2. The second-order valence-corrected chi connectivity index (χ2v) is 4.52. The molecular formula is C14H10N6O. The number of hydrogen-bond donors (Lipinski definition) is 0. The summed E-state index contributed by atoms with van der Waals surface area (Å²) in [6.07, 6.45) is 4.76. The summed E-state index contributed by atoms with van der Waals surface area (Å²) in [4.78, 5) is 16.8. The van der Waals surface area contributed by atoms with Gasteiger partial charge in [0.25, 0.3) is 5.78 Å². The first-order valence-corrected chi connectivity index (χ1v) is 6.36. The minimum Gasteiger partial charge on any atom is -0.439 e. The van der Waals surface area contributed by atoms with Gasteiger partial charge in [0.05, 0.1) is 11.0 Å². The van der Waals surface area contributed by atoms with E-state index in [-0.39, 0.29) is 0 Å². The lowest BCUT2D eigenvalue weighted by molar-refractivity contribution is 0.446. The van der Waals surface area contributed by atoms with Crippen LogP contribution in [0.3, 0.4) is 0 Å². The molecule has 3 heterocycles. The number of benzene rings is 1. The number of rotatable bonds is 2. The summed E-state index contributed by atoms with van der Waals surface area (Å²) >= 11 is 0. The molecule has 0 fully saturated rings. The molecule has 0 amide bonds. The van der Waals surface area contributed by atoms with E-state index >= 15 is 0 Å². The molecule has 0 spiro atoms. The van der Waals surface area contributed by atoms with Crippen LogP contribution in [0.15, 0.2) is 43.0 Å². The minimum absolute atomic E-state index is 0.505. The molecular weight excluding hydrogens is 268 g/mol. The fourth-order valence-corrected chi connectivity index (χ4v) is 2.10.